The number of halogens is 3. The zero-order chi connectivity index (χ0) is 11.5. The first-order valence-electron chi connectivity index (χ1n) is 4.88. The Labute approximate surface area is 85.9 Å². The molecule has 0 aliphatic heterocycles. The van der Waals surface area contributed by atoms with Gasteiger partial charge in [0, 0.05) is 0 Å². The van der Waals surface area contributed by atoms with Gasteiger partial charge in [-0.15, -0.1) is 0 Å². The zero-order valence-electron chi connectivity index (χ0n) is 8.26. The van der Waals surface area contributed by atoms with E-state index in [2.05, 4.69) is 0 Å². The second-order valence-electron chi connectivity index (χ2n) is 3.95. The Kier molecular flexibility index (Phi) is 3.96. The SMILES string of the molecule is O=C(O)CN(CCC1CC1)CC(F)(F)F. The normalized spacial score (nSPS) is 17.1. The van der Waals surface area contributed by atoms with Crippen molar-refractivity contribution in [1.29, 1.82) is 0 Å². The summed E-state index contributed by atoms with van der Waals surface area (Å²) in [6.45, 7) is -1.45. The molecule has 0 amide bonds. The number of carboxylic acid groups (broad SMARTS) is 1. The van der Waals surface area contributed by atoms with Crippen LogP contribution in [-0.2, 0) is 4.79 Å². The highest BCUT2D eigenvalue weighted by molar-refractivity contribution is 5.69. The second-order valence-corrected chi connectivity index (χ2v) is 3.95. The lowest BCUT2D eigenvalue weighted by atomic mass is 10.2. The monoisotopic (exact) mass is 225 g/mol. The van der Waals surface area contributed by atoms with Crippen molar-refractivity contribution in [3.63, 3.8) is 0 Å². The molecule has 1 rings (SSSR count). The molecule has 15 heavy (non-hydrogen) atoms. The molecule has 0 atom stereocenters. The van der Waals surface area contributed by atoms with Crippen LogP contribution in [0, 0.1) is 5.92 Å². The maximum atomic E-state index is 12.1. The van der Waals surface area contributed by atoms with Crippen LogP contribution >= 0.6 is 0 Å². The molecule has 1 aliphatic rings. The quantitative estimate of drug-likeness (QED) is 0.748. The highest BCUT2D eigenvalue weighted by Gasteiger charge is 2.32. The number of aliphatic carboxylic acids is 1. The van der Waals surface area contributed by atoms with Crippen LogP contribution in [0.1, 0.15) is 19.3 Å². The molecule has 1 saturated carbocycles. The van der Waals surface area contributed by atoms with Crippen LogP contribution in [-0.4, -0.2) is 41.8 Å². The third-order valence-electron chi connectivity index (χ3n) is 2.31. The Bertz CT molecular complexity index is 226. The Morgan fingerprint density at radius 2 is 2.00 bits per heavy atom. The van der Waals surface area contributed by atoms with E-state index in [1.54, 1.807) is 0 Å². The molecule has 0 aromatic heterocycles. The summed E-state index contributed by atoms with van der Waals surface area (Å²) in [7, 11) is 0. The van der Waals surface area contributed by atoms with Crippen molar-refractivity contribution in [2.45, 2.75) is 25.4 Å². The predicted octanol–water partition coefficient (Wildman–Crippen LogP) is 1.74. The summed E-state index contributed by atoms with van der Waals surface area (Å²) in [6, 6.07) is 0. The fourth-order valence-corrected chi connectivity index (χ4v) is 1.43. The number of carboxylic acids is 1. The minimum absolute atomic E-state index is 0.219. The molecule has 3 nitrogen and oxygen atoms in total. The van der Waals surface area contributed by atoms with Gasteiger partial charge in [0.05, 0.1) is 13.1 Å². The number of nitrogens with zero attached hydrogens (tertiary/aromatic N) is 1. The van der Waals surface area contributed by atoms with E-state index < -0.39 is 25.2 Å². The van der Waals surface area contributed by atoms with Crippen molar-refractivity contribution in [2.24, 2.45) is 5.92 Å². The van der Waals surface area contributed by atoms with Crippen molar-refractivity contribution in [2.75, 3.05) is 19.6 Å². The van der Waals surface area contributed by atoms with Crippen molar-refractivity contribution >= 4 is 5.97 Å². The topological polar surface area (TPSA) is 40.5 Å². The van der Waals surface area contributed by atoms with E-state index >= 15 is 0 Å². The Hall–Kier alpha value is -0.780. The molecule has 0 radical (unpaired) electrons. The van der Waals surface area contributed by atoms with E-state index in [1.807, 2.05) is 0 Å². The lowest BCUT2D eigenvalue weighted by molar-refractivity contribution is -0.154. The maximum Gasteiger partial charge on any atom is 0.401 e. The van der Waals surface area contributed by atoms with Gasteiger partial charge in [-0.3, -0.25) is 9.69 Å². The number of hydrogen-bond acceptors (Lipinski definition) is 2. The van der Waals surface area contributed by atoms with E-state index in [0.29, 0.717) is 12.3 Å². The van der Waals surface area contributed by atoms with Gasteiger partial charge in [-0.1, -0.05) is 12.8 Å². The van der Waals surface area contributed by atoms with Crippen LogP contribution in [0.25, 0.3) is 0 Å². The van der Waals surface area contributed by atoms with E-state index in [-0.39, 0.29) is 6.54 Å². The third-order valence-corrected chi connectivity index (χ3v) is 2.31. The van der Waals surface area contributed by atoms with Gasteiger partial charge < -0.3 is 5.11 Å². The van der Waals surface area contributed by atoms with Crippen molar-refractivity contribution in [3.05, 3.63) is 0 Å². The molecule has 1 aliphatic carbocycles. The Balaban J connectivity index is 2.32. The molecule has 0 unspecified atom stereocenters. The van der Waals surface area contributed by atoms with Crippen molar-refractivity contribution < 1.29 is 23.1 Å². The first-order valence-corrected chi connectivity index (χ1v) is 4.88. The maximum absolute atomic E-state index is 12.1. The third kappa shape index (κ3) is 6.33. The van der Waals surface area contributed by atoms with Gasteiger partial charge >= 0.3 is 12.1 Å². The standard InChI is InChI=1S/C9H14F3NO2/c10-9(11,12)6-13(5-8(14)15)4-3-7-1-2-7/h7H,1-6H2,(H,14,15). The van der Waals surface area contributed by atoms with Crippen LogP contribution in [0.2, 0.25) is 0 Å². The number of rotatable bonds is 6. The number of alkyl halides is 3. The first-order chi connectivity index (χ1) is 6.87. The summed E-state index contributed by atoms with van der Waals surface area (Å²) in [5.74, 6) is -0.704. The van der Waals surface area contributed by atoms with Gasteiger partial charge in [-0.05, 0) is 18.9 Å². The van der Waals surface area contributed by atoms with Crippen LogP contribution in [0.15, 0.2) is 0 Å². The van der Waals surface area contributed by atoms with Crippen LogP contribution in [0.5, 0.6) is 0 Å². The molecule has 0 aromatic carbocycles. The summed E-state index contributed by atoms with van der Waals surface area (Å²) in [5, 5.41) is 8.45. The Morgan fingerprint density at radius 3 is 2.40 bits per heavy atom. The van der Waals surface area contributed by atoms with Crippen molar-refractivity contribution in [3.8, 4) is 0 Å². The molecule has 0 bridgehead atoms. The summed E-state index contributed by atoms with van der Waals surface area (Å²) in [5.41, 5.74) is 0. The molecule has 1 fully saturated rings. The minimum Gasteiger partial charge on any atom is -0.480 e. The van der Waals surface area contributed by atoms with Gasteiger partial charge in [0.25, 0.3) is 0 Å². The number of carbonyl (C=O) groups is 1. The molecular weight excluding hydrogens is 211 g/mol. The van der Waals surface area contributed by atoms with Gasteiger partial charge in [-0.25, -0.2) is 0 Å². The smallest absolute Gasteiger partial charge is 0.401 e. The van der Waals surface area contributed by atoms with Crippen LogP contribution in [0.4, 0.5) is 13.2 Å². The summed E-state index contributed by atoms with van der Waals surface area (Å²) in [4.78, 5) is 11.3. The van der Waals surface area contributed by atoms with E-state index in [0.717, 1.165) is 17.7 Å². The molecule has 0 aromatic rings. The second kappa shape index (κ2) is 4.83. The molecular formula is C9H14F3NO2. The summed E-state index contributed by atoms with van der Waals surface area (Å²) < 4.78 is 36.2. The predicted molar refractivity (Wildman–Crippen MR) is 47.5 cm³/mol. The van der Waals surface area contributed by atoms with Gasteiger partial charge in [-0.2, -0.15) is 13.2 Å². The van der Waals surface area contributed by atoms with Crippen LogP contribution < -0.4 is 0 Å². The van der Waals surface area contributed by atoms with Crippen LogP contribution in [0.3, 0.4) is 0 Å². The fraction of sp³-hybridized carbons (Fsp3) is 0.889. The number of hydrogen-bond donors (Lipinski definition) is 1. The first kappa shape index (κ1) is 12.3. The lowest BCUT2D eigenvalue weighted by Crippen LogP contribution is -2.38. The molecule has 6 heteroatoms. The molecule has 0 spiro atoms. The average Bonchev–Trinajstić information content (AvgIpc) is 2.78. The highest BCUT2D eigenvalue weighted by Crippen LogP contribution is 2.32. The van der Waals surface area contributed by atoms with Gasteiger partial charge in [0.15, 0.2) is 0 Å². The summed E-state index contributed by atoms with van der Waals surface area (Å²) >= 11 is 0. The van der Waals surface area contributed by atoms with Crippen molar-refractivity contribution in [1.82, 2.24) is 4.90 Å². The molecule has 88 valence electrons. The van der Waals surface area contributed by atoms with Gasteiger partial charge in [0.2, 0.25) is 0 Å². The Morgan fingerprint density at radius 1 is 1.40 bits per heavy atom. The van der Waals surface area contributed by atoms with E-state index in [4.69, 9.17) is 5.11 Å². The van der Waals surface area contributed by atoms with Gasteiger partial charge in [0.1, 0.15) is 0 Å². The van der Waals surface area contributed by atoms with E-state index in [9.17, 15) is 18.0 Å². The highest BCUT2D eigenvalue weighted by atomic mass is 19.4. The molecule has 1 N–H and O–H groups in total. The molecule has 0 saturated heterocycles. The minimum atomic E-state index is -4.32. The summed E-state index contributed by atoms with van der Waals surface area (Å²) in [6.07, 6.45) is -1.53. The zero-order valence-corrected chi connectivity index (χ0v) is 8.26. The fourth-order valence-electron chi connectivity index (χ4n) is 1.43. The average molecular weight is 225 g/mol. The largest absolute Gasteiger partial charge is 0.480 e. The van der Waals surface area contributed by atoms with E-state index in [1.165, 1.54) is 0 Å². The molecule has 0 heterocycles. The lowest BCUT2D eigenvalue weighted by Gasteiger charge is -2.21.